The van der Waals surface area contributed by atoms with Crippen LogP contribution in [-0.2, 0) is 14.1 Å². The molecule has 3 N–H and O–H groups in total. The van der Waals surface area contributed by atoms with Gasteiger partial charge in [-0.15, -0.1) is 0 Å². The molecule has 204 valence electrons. The number of nitro benzene ring substituents is 2. The summed E-state index contributed by atoms with van der Waals surface area (Å²) in [6.07, 6.45) is 5.61. The number of non-ortho nitro benzene ring substituents is 1. The summed E-state index contributed by atoms with van der Waals surface area (Å²) in [7, 11) is 3.74. The molecule has 12 heteroatoms. The van der Waals surface area contributed by atoms with E-state index >= 15 is 0 Å². The van der Waals surface area contributed by atoms with Gasteiger partial charge in [0.2, 0.25) is 5.52 Å². The molecule has 0 radical (unpaired) electrons. The van der Waals surface area contributed by atoms with Crippen molar-refractivity contribution in [3.63, 3.8) is 0 Å². The highest BCUT2D eigenvalue weighted by atomic mass is 16.6. The molecule has 5 rings (SSSR count). The molecule has 2 aromatic heterocycles. The number of hydrogen-bond donors (Lipinski definition) is 3. The van der Waals surface area contributed by atoms with E-state index in [1.165, 1.54) is 30.3 Å². The summed E-state index contributed by atoms with van der Waals surface area (Å²) in [4.78, 5) is 35.2. The van der Waals surface area contributed by atoms with Crippen LogP contribution >= 0.6 is 0 Å². The van der Waals surface area contributed by atoms with Gasteiger partial charge in [-0.3, -0.25) is 25.0 Å². The Balaban J connectivity index is 1.39. The van der Waals surface area contributed by atoms with Gasteiger partial charge < -0.3 is 16.0 Å². The van der Waals surface area contributed by atoms with Crippen LogP contribution in [0.4, 0.5) is 39.8 Å². The van der Waals surface area contributed by atoms with Gasteiger partial charge in [-0.05, 0) is 36.4 Å². The van der Waals surface area contributed by atoms with E-state index < -0.39 is 15.8 Å². The molecule has 1 amide bonds. The summed E-state index contributed by atoms with van der Waals surface area (Å²) in [6, 6.07) is 21.2. The molecule has 41 heavy (non-hydrogen) atoms. The number of carbonyl (C=O) groups is 1. The van der Waals surface area contributed by atoms with Crippen molar-refractivity contribution in [3.8, 4) is 0 Å². The highest BCUT2D eigenvalue weighted by Crippen LogP contribution is 2.30. The molecule has 12 nitrogen and oxygen atoms in total. The summed E-state index contributed by atoms with van der Waals surface area (Å²) in [5, 5.41) is 32.8. The molecule has 0 fully saturated rings. The Kier molecular flexibility index (Phi) is 7.20. The van der Waals surface area contributed by atoms with Crippen molar-refractivity contribution in [2.45, 2.75) is 0 Å². The Morgan fingerprint density at radius 2 is 1.37 bits per heavy atom. The lowest BCUT2D eigenvalue weighted by Crippen LogP contribution is -2.28. The van der Waals surface area contributed by atoms with Crippen LogP contribution in [0.1, 0.15) is 10.4 Å². The third kappa shape index (κ3) is 5.91. The first-order valence-corrected chi connectivity index (χ1v) is 12.4. The van der Waals surface area contributed by atoms with Gasteiger partial charge in [-0.1, -0.05) is 0 Å². The Morgan fingerprint density at radius 3 is 2.05 bits per heavy atom. The summed E-state index contributed by atoms with van der Waals surface area (Å²) < 4.78 is 3.74. The number of anilines is 5. The zero-order valence-electron chi connectivity index (χ0n) is 22.1. The average molecular weight is 552 g/mol. The first kappa shape index (κ1) is 26.7. The molecule has 0 aliphatic heterocycles. The number of aromatic nitrogens is 2. The molecule has 5 aromatic rings. The highest BCUT2D eigenvalue weighted by molar-refractivity contribution is 6.08. The van der Waals surface area contributed by atoms with Crippen LogP contribution in [-0.4, -0.2) is 15.8 Å². The van der Waals surface area contributed by atoms with Crippen molar-refractivity contribution in [3.05, 3.63) is 123 Å². The van der Waals surface area contributed by atoms with Crippen molar-refractivity contribution < 1.29 is 23.8 Å². The monoisotopic (exact) mass is 551 g/mol. The van der Waals surface area contributed by atoms with Gasteiger partial charge in [0.15, 0.2) is 18.6 Å². The molecule has 0 atom stereocenters. The maximum absolute atomic E-state index is 13.2. The Hall–Kier alpha value is -5.91. The zero-order valence-corrected chi connectivity index (χ0v) is 22.1. The Bertz CT molecular complexity index is 1810. The summed E-state index contributed by atoms with van der Waals surface area (Å²) >= 11 is 0. The number of hydrogen-bond acceptors (Lipinski definition) is 7. The Labute approximate surface area is 233 Å². The van der Waals surface area contributed by atoms with Gasteiger partial charge in [0.1, 0.15) is 19.7 Å². The number of rotatable bonds is 8. The van der Waals surface area contributed by atoms with Crippen molar-refractivity contribution in [2.24, 2.45) is 14.1 Å². The van der Waals surface area contributed by atoms with Gasteiger partial charge in [-0.2, -0.15) is 0 Å². The largest absolute Gasteiger partial charge is 0.355 e. The average Bonchev–Trinajstić information content (AvgIpc) is 2.96. The molecule has 3 aromatic carbocycles. The van der Waals surface area contributed by atoms with Crippen molar-refractivity contribution >= 4 is 56.6 Å². The van der Waals surface area contributed by atoms with Crippen molar-refractivity contribution in [1.82, 2.24) is 0 Å². The van der Waals surface area contributed by atoms with Crippen molar-refractivity contribution in [2.75, 3.05) is 16.0 Å². The summed E-state index contributed by atoms with van der Waals surface area (Å²) in [6.45, 7) is 0. The van der Waals surface area contributed by atoms with Gasteiger partial charge in [0.05, 0.1) is 26.6 Å². The second-order valence-electron chi connectivity index (χ2n) is 9.32. The normalized spacial score (nSPS) is 10.7. The number of nitrogens with one attached hydrogen (secondary N) is 3. The lowest BCUT2D eigenvalue weighted by Gasteiger charge is -2.12. The fourth-order valence-electron chi connectivity index (χ4n) is 4.32. The third-order valence-electron chi connectivity index (χ3n) is 6.45. The highest BCUT2D eigenvalue weighted by Gasteiger charge is 2.22. The lowest BCUT2D eigenvalue weighted by molar-refractivity contribution is -0.671. The topological polar surface area (TPSA) is 147 Å². The number of benzene rings is 3. The van der Waals surface area contributed by atoms with E-state index in [2.05, 4.69) is 16.0 Å². The number of amides is 1. The molecule has 0 bridgehead atoms. The van der Waals surface area contributed by atoms with E-state index in [0.29, 0.717) is 22.4 Å². The molecule has 0 saturated heterocycles. The molecular weight excluding hydrogens is 526 g/mol. The predicted molar refractivity (Wildman–Crippen MR) is 153 cm³/mol. The van der Waals surface area contributed by atoms with E-state index in [0.717, 1.165) is 16.9 Å². The van der Waals surface area contributed by atoms with E-state index in [1.54, 1.807) is 42.6 Å². The number of fused-ring (bicyclic) bond motifs is 1. The first-order valence-electron chi connectivity index (χ1n) is 12.4. The fourth-order valence-corrected chi connectivity index (χ4v) is 4.32. The zero-order chi connectivity index (χ0) is 29.1. The molecule has 2 heterocycles. The fraction of sp³-hybridized carbons (Fsp3) is 0.0690. The minimum atomic E-state index is -0.656. The SMILES string of the molecule is C[n+]1ccc(Nc2ccc(NC(=O)c3cc(Nc4cc[n+](C)c5ccc([N+](=O)[O-])cc45)ccc3[N+](=O)[O-])cc2)cc1. The second-order valence-corrected chi connectivity index (χ2v) is 9.32. The number of aryl methyl sites for hydroxylation is 2. The summed E-state index contributed by atoms with van der Waals surface area (Å²) in [5.41, 5.74) is 3.26. The first-order chi connectivity index (χ1) is 19.7. The van der Waals surface area contributed by atoms with E-state index in [1.807, 2.05) is 47.8 Å². The van der Waals surface area contributed by atoms with E-state index in [9.17, 15) is 25.0 Å². The van der Waals surface area contributed by atoms with Gasteiger partial charge in [-0.25, -0.2) is 9.13 Å². The van der Waals surface area contributed by atoms with Crippen LogP contribution in [0.15, 0.2) is 97.5 Å². The van der Waals surface area contributed by atoms with Crippen molar-refractivity contribution in [1.29, 1.82) is 0 Å². The molecule has 0 saturated carbocycles. The lowest BCUT2D eigenvalue weighted by atomic mass is 10.1. The smallest absolute Gasteiger partial charge is 0.282 e. The Morgan fingerprint density at radius 1 is 0.707 bits per heavy atom. The maximum atomic E-state index is 13.2. The van der Waals surface area contributed by atoms with Crippen LogP contribution < -0.4 is 25.1 Å². The quantitative estimate of drug-likeness (QED) is 0.139. The number of pyridine rings is 2. The van der Waals surface area contributed by atoms with Gasteiger partial charge >= 0.3 is 0 Å². The minimum Gasteiger partial charge on any atom is -0.355 e. The van der Waals surface area contributed by atoms with Gasteiger partial charge in [0, 0.05) is 59.5 Å². The summed E-state index contributed by atoms with van der Waals surface area (Å²) in [5.74, 6) is -0.656. The minimum absolute atomic E-state index is 0.0744. The van der Waals surface area contributed by atoms with E-state index in [4.69, 9.17) is 0 Å². The van der Waals surface area contributed by atoms with Crippen LogP contribution in [0, 0.1) is 20.2 Å². The molecule has 0 spiro atoms. The predicted octanol–water partition coefficient (Wildman–Crippen LogP) is 5.04. The molecule has 0 aliphatic carbocycles. The second kappa shape index (κ2) is 11.1. The van der Waals surface area contributed by atoms with Crippen LogP contribution in [0.3, 0.4) is 0 Å². The molecular formula is C29H25N7O5+2. The van der Waals surface area contributed by atoms with Crippen LogP contribution in [0.2, 0.25) is 0 Å². The van der Waals surface area contributed by atoms with E-state index in [-0.39, 0.29) is 16.9 Å². The van der Waals surface area contributed by atoms with Gasteiger partial charge in [0.25, 0.3) is 17.3 Å². The van der Waals surface area contributed by atoms with Crippen LogP contribution in [0.5, 0.6) is 0 Å². The maximum Gasteiger partial charge on any atom is 0.282 e. The number of nitro groups is 2. The van der Waals surface area contributed by atoms with Crippen LogP contribution in [0.25, 0.3) is 10.9 Å². The third-order valence-corrected chi connectivity index (χ3v) is 6.45. The molecule has 0 unspecified atom stereocenters. The standard InChI is InChI=1S/C29H23N7O5/c1-33-14-11-21(12-15-33)30-19-3-5-20(6-4-19)32-29(37)25-17-22(7-9-28(25)36(40)41)31-26-13-16-34(2)27-10-8-23(35(38)39)18-24(26)27/h3-18H,1-2H3,(H,32,37)/p+2. The number of carbonyl (C=O) groups excluding carboxylic acids is 1. The molecule has 0 aliphatic rings. The number of nitrogens with zero attached hydrogens (tertiary/aromatic N) is 4.